The number of aliphatic hydroxyl groups excluding tert-OH is 1. The van der Waals surface area contributed by atoms with Gasteiger partial charge in [0, 0.05) is 5.25 Å². The SMILES string of the molecule is CCCCCCC(O)CCCCC(C)S(=O)(=O)[O-].[Na+]. The van der Waals surface area contributed by atoms with Gasteiger partial charge in [-0.05, 0) is 26.2 Å². The van der Waals surface area contributed by atoms with Crippen molar-refractivity contribution in [2.75, 3.05) is 0 Å². The van der Waals surface area contributed by atoms with Crippen molar-refractivity contribution in [2.45, 2.75) is 83.0 Å². The van der Waals surface area contributed by atoms with Crippen molar-refractivity contribution in [2.24, 2.45) is 0 Å². The number of hydrogen-bond acceptors (Lipinski definition) is 4. The molecule has 6 heteroatoms. The van der Waals surface area contributed by atoms with Crippen LogP contribution in [0.5, 0.6) is 0 Å². The molecule has 0 aliphatic carbocycles. The Labute approximate surface area is 140 Å². The van der Waals surface area contributed by atoms with E-state index < -0.39 is 15.4 Å². The van der Waals surface area contributed by atoms with E-state index in [0.717, 1.165) is 19.3 Å². The quantitative estimate of drug-likeness (QED) is 0.326. The van der Waals surface area contributed by atoms with Crippen LogP contribution in [0.3, 0.4) is 0 Å². The van der Waals surface area contributed by atoms with Gasteiger partial charge in [0.05, 0.1) is 16.2 Å². The van der Waals surface area contributed by atoms with E-state index in [2.05, 4.69) is 6.92 Å². The third-order valence-corrected chi connectivity index (χ3v) is 4.50. The smallest absolute Gasteiger partial charge is 0.748 e. The molecule has 0 radical (unpaired) electrons. The summed E-state index contributed by atoms with van der Waals surface area (Å²) in [7, 11) is -4.14. The van der Waals surface area contributed by atoms with Gasteiger partial charge < -0.3 is 9.66 Å². The predicted molar refractivity (Wildman–Crippen MR) is 72.4 cm³/mol. The second kappa shape index (κ2) is 12.6. The van der Waals surface area contributed by atoms with E-state index in [1.54, 1.807) is 0 Å². The molecule has 0 aromatic heterocycles. The summed E-state index contributed by atoms with van der Waals surface area (Å²) in [6, 6.07) is 0. The molecule has 0 aliphatic rings. The number of aliphatic hydroxyl groups is 1. The zero-order valence-corrected chi connectivity index (χ0v) is 15.4. The van der Waals surface area contributed by atoms with Crippen LogP contribution in [0.25, 0.3) is 0 Å². The standard InChI is InChI=1S/C13H28O4S.Na/c1-3-4-5-6-10-13(14)11-8-7-9-12(2)18(15,16)17;/h12-14H,3-11H2,1-2H3,(H,15,16,17);/q;+1/p-1. The van der Waals surface area contributed by atoms with Gasteiger partial charge in [0.15, 0.2) is 0 Å². The molecule has 0 saturated carbocycles. The van der Waals surface area contributed by atoms with Crippen LogP contribution in [0.15, 0.2) is 0 Å². The van der Waals surface area contributed by atoms with Gasteiger partial charge in [-0.1, -0.05) is 45.4 Å². The molecule has 0 bridgehead atoms. The Bertz CT molecular complexity index is 293. The van der Waals surface area contributed by atoms with Crippen molar-refractivity contribution >= 4 is 10.1 Å². The first kappa shape index (κ1) is 22.2. The van der Waals surface area contributed by atoms with E-state index in [1.807, 2.05) is 0 Å². The topological polar surface area (TPSA) is 77.4 Å². The molecule has 2 unspecified atom stereocenters. The molecular weight excluding hydrogens is 275 g/mol. The summed E-state index contributed by atoms with van der Waals surface area (Å²) in [6.45, 7) is 3.60. The van der Waals surface area contributed by atoms with E-state index >= 15 is 0 Å². The summed E-state index contributed by atoms with van der Waals surface area (Å²) in [5.74, 6) is 0. The summed E-state index contributed by atoms with van der Waals surface area (Å²) in [5.41, 5.74) is 0. The fraction of sp³-hybridized carbons (Fsp3) is 1.00. The molecule has 0 aliphatic heterocycles. The van der Waals surface area contributed by atoms with E-state index in [0.29, 0.717) is 19.3 Å². The third-order valence-electron chi connectivity index (χ3n) is 3.28. The van der Waals surface area contributed by atoms with Gasteiger partial charge in [0.1, 0.15) is 0 Å². The van der Waals surface area contributed by atoms with E-state index in [1.165, 1.54) is 26.2 Å². The van der Waals surface area contributed by atoms with Gasteiger partial charge in [-0.2, -0.15) is 0 Å². The maximum atomic E-state index is 10.7. The fourth-order valence-corrected chi connectivity index (χ4v) is 2.36. The van der Waals surface area contributed by atoms with Gasteiger partial charge in [-0.3, -0.25) is 0 Å². The monoisotopic (exact) mass is 302 g/mol. The molecule has 4 nitrogen and oxygen atoms in total. The van der Waals surface area contributed by atoms with Crippen molar-refractivity contribution in [3.05, 3.63) is 0 Å². The third kappa shape index (κ3) is 13.6. The fourth-order valence-electron chi connectivity index (χ4n) is 1.91. The summed E-state index contributed by atoms with van der Waals surface area (Å²) in [4.78, 5) is 0. The summed E-state index contributed by atoms with van der Waals surface area (Å²) in [6.07, 6.45) is 7.76. The summed E-state index contributed by atoms with van der Waals surface area (Å²) in [5, 5.41) is 8.89. The van der Waals surface area contributed by atoms with Gasteiger partial charge in [0.2, 0.25) is 0 Å². The van der Waals surface area contributed by atoms with Gasteiger partial charge in [0.25, 0.3) is 0 Å². The van der Waals surface area contributed by atoms with Crippen LogP contribution >= 0.6 is 0 Å². The molecule has 0 aromatic carbocycles. The first-order valence-electron chi connectivity index (χ1n) is 7.00. The number of rotatable bonds is 11. The van der Waals surface area contributed by atoms with Crippen molar-refractivity contribution in [3.8, 4) is 0 Å². The minimum Gasteiger partial charge on any atom is -0.748 e. The Balaban J connectivity index is 0. The largest absolute Gasteiger partial charge is 1.00 e. The summed E-state index contributed by atoms with van der Waals surface area (Å²) < 4.78 is 32.0. The van der Waals surface area contributed by atoms with E-state index in [-0.39, 0.29) is 35.7 Å². The Morgan fingerprint density at radius 1 is 1.00 bits per heavy atom. The summed E-state index contributed by atoms with van der Waals surface area (Å²) >= 11 is 0. The van der Waals surface area contributed by atoms with Crippen molar-refractivity contribution < 1.29 is 47.6 Å². The van der Waals surface area contributed by atoms with Crippen LogP contribution in [0.2, 0.25) is 0 Å². The average Bonchev–Trinajstić information content (AvgIpc) is 2.28. The van der Waals surface area contributed by atoms with Crippen LogP contribution in [-0.4, -0.2) is 29.4 Å². The predicted octanol–water partition coefficient (Wildman–Crippen LogP) is -0.184. The van der Waals surface area contributed by atoms with Crippen LogP contribution in [0.4, 0.5) is 0 Å². The second-order valence-electron chi connectivity index (χ2n) is 5.09. The Morgan fingerprint density at radius 3 is 1.95 bits per heavy atom. The molecular formula is C13H27NaO4S. The second-order valence-corrected chi connectivity index (χ2v) is 6.88. The van der Waals surface area contributed by atoms with Crippen molar-refractivity contribution in [1.29, 1.82) is 0 Å². The first-order valence-corrected chi connectivity index (χ1v) is 8.47. The van der Waals surface area contributed by atoms with Crippen molar-refractivity contribution in [3.63, 3.8) is 0 Å². The molecule has 0 spiro atoms. The van der Waals surface area contributed by atoms with E-state index in [9.17, 15) is 18.1 Å². The normalized spacial score (nSPS) is 14.7. The molecule has 19 heavy (non-hydrogen) atoms. The minimum atomic E-state index is -4.14. The van der Waals surface area contributed by atoms with Gasteiger partial charge in [-0.25, -0.2) is 8.42 Å². The molecule has 1 N–H and O–H groups in total. The zero-order chi connectivity index (χ0) is 14.0. The van der Waals surface area contributed by atoms with Crippen LogP contribution < -0.4 is 29.6 Å². The molecule has 0 saturated heterocycles. The Hall–Kier alpha value is 0.870. The maximum Gasteiger partial charge on any atom is 1.00 e. The molecule has 110 valence electrons. The van der Waals surface area contributed by atoms with Crippen LogP contribution in [0, 0.1) is 0 Å². The number of hydrogen-bond donors (Lipinski definition) is 1. The van der Waals surface area contributed by atoms with Gasteiger partial charge in [-0.15, -0.1) is 0 Å². The van der Waals surface area contributed by atoms with Gasteiger partial charge >= 0.3 is 29.6 Å². The molecule has 0 amide bonds. The van der Waals surface area contributed by atoms with Crippen LogP contribution in [0.1, 0.15) is 71.6 Å². The molecule has 2 atom stereocenters. The number of unbranched alkanes of at least 4 members (excludes halogenated alkanes) is 4. The van der Waals surface area contributed by atoms with Crippen molar-refractivity contribution in [1.82, 2.24) is 0 Å². The minimum absolute atomic E-state index is 0. The Kier molecular flexibility index (Phi) is 14.7. The van der Waals surface area contributed by atoms with Crippen LogP contribution in [-0.2, 0) is 10.1 Å². The first-order chi connectivity index (χ1) is 8.38. The average molecular weight is 302 g/mol. The maximum absolute atomic E-state index is 10.7. The molecule has 0 fully saturated rings. The molecule has 0 heterocycles. The Morgan fingerprint density at radius 2 is 1.47 bits per heavy atom. The zero-order valence-electron chi connectivity index (χ0n) is 12.6. The molecule has 0 rings (SSSR count). The molecule has 0 aromatic rings. The van der Waals surface area contributed by atoms with E-state index in [4.69, 9.17) is 0 Å².